The van der Waals surface area contributed by atoms with E-state index in [1.54, 1.807) is 34.3 Å². The van der Waals surface area contributed by atoms with Gasteiger partial charge in [0, 0.05) is 39.8 Å². The second-order valence-corrected chi connectivity index (χ2v) is 7.44. The summed E-state index contributed by atoms with van der Waals surface area (Å²) in [7, 11) is 5.09. The minimum absolute atomic E-state index is 0. The van der Waals surface area contributed by atoms with E-state index in [0.717, 1.165) is 55.6 Å². The largest absolute Gasteiger partial charge is 0.493 e. The number of nitrogens with zero attached hydrogens (tertiary/aromatic N) is 2. The van der Waals surface area contributed by atoms with Gasteiger partial charge < -0.3 is 20.1 Å². The van der Waals surface area contributed by atoms with E-state index in [4.69, 9.17) is 9.47 Å². The van der Waals surface area contributed by atoms with Gasteiger partial charge in [-0.2, -0.15) is 0 Å². The Morgan fingerprint density at radius 2 is 1.81 bits per heavy atom. The molecule has 3 rings (SSSR count). The molecule has 0 atom stereocenters. The summed E-state index contributed by atoms with van der Waals surface area (Å²) in [5.74, 6) is 2.12. The van der Waals surface area contributed by atoms with Gasteiger partial charge in [-0.1, -0.05) is 12.1 Å². The standard InChI is InChI=1S/C23H31FN4O2.HI/c1-16-11-17(5-6-20(16)24)14-27-23(25-2)26-8-10-28-9-7-18-12-21(29-3)22(30-4)13-19(18)15-28;/h5-6,11-13H,7-10,14-15H2,1-4H3,(H2,25,26,27);1H. The Bertz CT molecular complexity index is 907. The van der Waals surface area contributed by atoms with Crippen molar-refractivity contribution < 1.29 is 13.9 Å². The SMILES string of the molecule is CN=C(NCCN1CCc2cc(OC)c(OC)cc2C1)NCc1ccc(F)c(C)c1.I. The molecule has 0 aliphatic carbocycles. The van der Waals surface area contributed by atoms with Crippen LogP contribution in [0, 0.1) is 12.7 Å². The number of guanidine groups is 1. The molecule has 0 amide bonds. The maximum absolute atomic E-state index is 13.4. The Balaban J connectivity index is 0.00000341. The van der Waals surface area contributed by atoms with Gasteiger partial charge >= 0.3 is 0 Å². The normalized spacial score (nSPS) is 13.8. The molecule has 0 bridgehead atoms. The van der Waals surface area contributed by atoms with Crippen LogP contribution in [0.1, 0.15) is 22.3 Å². The minimum Gasteiger partial charge on any atom is -0.493 e. The van der Waals surface area contributed by atoms with E-state index < -0.39 is 0 Å². The van der Waals surface area contributed by atoms with E-state index >= 15 is 0 Å². The van der Waals surface area contributed by atoms with Crippen LogP contribution in [0.25, 0.3) is 0 Å². The molecule has 2 N–H and O–H groups in total. The predicted molar refractivity (Wildman–Crippen MR) is 133 cm³/mol. The molecule has 2 aromatic carbocycles. The third-order valence-electron chi connectivity index (χ3n) is 5.42. The molecule has 0 saturated carbocycles. The zero-order valence-corrected chi connectivity index (χ0v) is 21.0. The predicted octanol–water partition coefficient (Wildman–Crippen LogP) is 3.49. The number of aliphatic imine (C=N–C) groups is 1. The van der Waals surface area contributed by atoms with E-state index in [0.29, 0.717) is 12.1 Å². The number of ether oxygens (including phenoxy) is 2. The maximum atomic E-state index is 13.4. The van der Waals surface area contributed by atoms with Gasteiger partial charge in [-0.3, -0.25) is 9.89 Å². The lowest BCUT2D eigenvalue weighted by Crippen LogP contribution is -2.42. The third-order valence-corrected chi connectivity index (χ3v) is 5.42. The van der Waals surface area contributed by atoms with Crippen LogP contribution < -0.4 is 20.1 Å². The highest BCUT2D eigenvalue weighted by molar-refractivity contribution is 14.0. The van der Waals surface area contributed by atoms with Crippen molar-refractivity contribution in [3.05, 3.63) is 58.4 Å². The lowest BCUT2D eigenvalue weighted by molar-refractivity contribution is 0.256. The first-order chi connectivity index (χ1) is 14.5. The number of benzene rings is 2. The lowest BCUT2D eigenvalue weighted by atomic mass is 9.99. The van der Waals surface area contributed by atoms with Crippen LogP contribution in [0.4, 0.5) is 4.39 Å². The first-order valence-electron chi connectivity index (χ1n) is 10.2. The van der Waals surface area contributed by atoms with Gasteiger partial charge in [-0.25, -0.2) is 4.39 Å². The quantitative estimate of drug-likeness (QED) is 0.319. The highest BCUT2D eigenvalue weighted by atomic mass is 127. The molecule has 1 heterocycles. The Labute approximate surface area is 201 Å². The topological polar surface area (TPSA) is 58.1 Å². The number of halogens is 2. The highest BCUT2D eigenvalue weighted by Crippen LogP contribution is 2.33. The van der Waals surface area contributed by atoms with Crippen molar-refractivity contribution in [2.75, 3.05) is 40.9 Å². The molecule has 6 nitrogen and oxygen atoms in total. The van der Waals surface area contributed by atoms with Crippen molar-refractivity contribution in [2.24, 2.45) is 4.99 Å². The molecule has 170 valence electrons. The fourth-order valence-corrected chi connectivity index (χ4v) is 3.69. The molecule has 2 aromatic rings. The molecule has 0 radical (unpaired) electrons. The molecule has 0 fully saturated rings. The summed E-state index contributed by atoms with van der Waals surface area (Å²) in [6, 6.07) is 9.31. The second-order valence-electron chi connectivity index (χ2n) is 7.44. The van der Waals surface area contributed by atoms with E-state index in [-0.39, 0.29) is 29.8 Å². The lowest BCUT2D eigenvalue weighted by Gasteiger charge is -2.29. The van der Waals surface area contributed by atoms with Gasteiger partial charge in [-0.15, -0.1) is 24.0 Å². The Kier molecular flexibility index (Phi) is 9.83. The molecule has 31 heavy (non-hydrogen) atoms. The second kappa shape index (κ2) is 12.1. The fourth-order valence-electron chi connectivity index (χ4n) is 3.69. The number of hydrogen-bond donors (Lipinski definition) is 2. The summed E-state index contributed by atoms with van der Waals surface area (Å²) in [6.45, 7) is 5.95. The zero-order chi connectivity index (χ0) is 21.5. The first kappa shape index (κ1) is 25.2. The summed E-state index contributed by atoms with van der Waals surface area (Å²) >= 11 is 0. The van der Waals surface area contributed by atoms with Gasteiger partial charge in [0.1, 0.15) is 5.82 Å². The van der Waals surface area contributed by atoms with Crippen molar-refractivity contribution in [1.82, 2.24) is 15.5 Å². The van der Waals surface area contributed by atoms with Crippen LogP contribution in [0.5, 0.6) is 11.5 Å². The molecule has 8 heteroatoms. The van der Waals surface area contributed by atoms with E-state index in [9.17, 15) is 4.39 Å². The molecule has 0 unspecified atom stereocenters. The average Bonchev–Trinajstić information content (AvgIpc) is 2.77. The smallest absolute Gasteiger partial charge is 0.191 e. The molecule has 1 aliphatic rings. The monoisotopic (exact) mass is 542 g/mol. The highest BCUT2D eigenvalue weighted by Gasteiger charge is 2.19. The number of hydrogen-bond acceptors (Lipinski definition) is 4. The molecular weight excluding hydrogens is 510 g/mol. The average molecular weight is 542 g/mol. The van der Waals surface area contributed by atoms with E-state index in [1.165, 1.54) is 17.2 Å². The Morgan fingerprint density at radius 1 is 1.10 bits per heavy atom. The number of aryl methyl sites for hydroxylation is 1. The van der Waals surface area contributed by atoms with Crippen LogP contribution in [0.3, 0.4) is 0 Å². The molecule has 0 saturated heterocycles. The van der Waals surface area contributed by atoms with Gasteiger partial charge in [0.15, 0.2) is 17.5 Å². The van der Waals surface area contributed by atoms with Crippen LogP contribution in [-0.2, 0) is 19.5 Å². The summed E-state index contributed by atoms with van der Waals surface area (Å²) in [6.07, 6.45) is 0.993. The van der Waals surface area contributed by atoms with Crippen LogP contribution in [0.15, 0.2) is 35.3 Å². The fraction of sp³-hybridized carbons (Fsp3) is 0.435. The van der Waals surface area contributed by atoms with Gasteiger partial charge in [0.2, 0.25) is 0 Å². The Morgan fingerprint density at radius 3 is 2.45 bits per heavy atom. The van der Waals surface area contributed by atoms with Crippen LogP contribution in [-0.4, -0.2) is 51.8 Å². The molecular formula is C23H32FIN4O2. The molecule has 0 aromatic heterocycles. The van der Waals surface area contributed by atoms with Gasteiger partial charge in [-0.05, 0) is 53.8 Å². The van der Waals surface area contributed by atoms with Crippen molar-refractivity contribution in [2.45, 2.75) is 26.4 Å². The summed E-state index contributed by atoms with van der Waals surface area (Å²) in [5.41, 5.74) is 4.28. The van der Waals surface area contributed by atoms with E-state index in [1.807, 2.05) is 6.07 Å². The zero-order valence-electron chi connectivity index (χ0n) is 18.6. The van der Waals surface area contributed by atoms with Crippen LogP contribution >= 0.6 is 24.0 Å². The third kappa shape index (κ3) is 6.70. The molecule has 0 spiro atoms. The number of methoxy groups -OCH3 is 2. The van der Waals surface area contributed by atoms with E-state index in [2.05, 4.69) is 32.7 Å². The summed E-state index contributed by atoms with van der Waals surface area (Å²) in [5, 5.41) is 6.64. The first-order valence-corrected chi connectivity index (χ1v) is 10.2. The number of rotatable bonds is 7. The van der Waals surface area contributed by atoms with Crippen LogP contribution in [0.2, 0.25) is 0 Å². The number of nitrogens with one attached hydrogen (secondary N) is 2. The minimum atomic E-state index is -0.180. The van der Waals surface area contributed by atoms with Crippen molar-refractivity contribution in [3.63, 3.8) is 0 Å². The summed E-state index contributed by atoms with van der Waals surface area (Å²) < 4.78 is 24.3. The van der Waals surface area contributed by atoms with Crippen molar-refractivity contribution in [3.8, 4) is 11.5 Å². The molecule has 1 aliphatic heterocycles. The van der Waals surface area contributed by atoms with Crippen molar-refractivity contribution in [1.29, 1.82) is 0 Å². The van der Waals surface area contributed by atoms with Gasteiger partial charge in [0.25, 0.3) is 0 Å². The number of fused-ring (bicyclic) bond motifs is 1. The van der Waals surface area contributed by atoms with Gasteiger partial charge in [0.05, 0.1) is 14.2 Å². The van der Waals surface area contributed by atoms with Crippen molar-refractivity contribution >= 4 is 29.9 Å². The Hall–Kier alpha value is -2.07. The maximum Gasteiger partial charge on any atom is 0.191 e. The summed E-state index contributed by atoms with van der Waals surface area (Å²) in [4.78, 5) is 6.69.